The standard InChI is InChI=1S/C23H29ClFN3O4S/c1-5-21(23(30)26-16(2)3)27(14-17-9-6-7-12-20(17)24)22(29)15-28(33(4,31)32)19-11-8-10-18(25)13-19/h6-13,16,21H,5,14-15H2,1-4H3,(H,26,30). The minimum atomic E-state index is -3.92. The fourth-order valence-corrected chi connectivity index (χ4v) is 4.39. The maximum absolute atomic E-state index is 13.8. The van der Waals surface area contributed by atoms with E-state index in [2.05, 4.69) is 5.32 Å². The number of hydrogen-bond donors (Lipinski definition) is 1. The van der Waals surface area contributed by atoms with Crippen molar-refractivity contribution in [3.63, 3.8) is 0 Å². The van der Waals surface area contributed by atoms with Gasteiger partial charge in [0.15, 0.2) is 0 Å². The van der Waals surface area contributed by atoms with E-state index in [4.69, 9.17) is 11.6 Å². The van der Waals surface area contributed by atoms with Crippen LogP contribution in [0.15, 0.2) is 48.5 Å². The molecule has 2 amide bonds. The summed E-state index contributed by atoms with van der Waals surface area (Å²) in [5, 5.41) is 3.22. The number of anilines is 1. The van der Waals surface area contributed by atoms with Crippen molar-refractivity contribution in [1.82, 2.24) is 10.2 Å². The molecule has 2 rings (SSSR count). The van der Waals surface area contributed by atoms with Crippen molar-refractivity contribution in [2.75, 3.05) is 17.1 Å². The van der Waals surface area contributed by atoms with Gasteiger partial charge in [-0.1, -0.05) is 42.8 Å². The number of carbonyl (C=O) groups is 2. The molecule has 1 atom stereocenters. The van der Waals surface area contributed by atoms with E-state index in [9.17, 15) is 22.4 Å². The zero-order valence-corrected chi connectivity index (χ0v) is 20.7. The van der Waals surface area contributed by atoms with Crippen LogP contribution in [0.1, 0.15) is 32.8 Å². The lowest BCUT2D eigenvalue weighted by Crippen LogP contribution is -2.53. The molecule has 0 aromatic heterocycles. The van der Waals surface area contributed by atoms with Crippen molar-refractivity contribution < 1.29 is 22.4 Å². The summed E-state index contributed by atoms with van der Waals surface area (Å²) in [6.45, 7) is 4.78. The van der Waals surface area contributed by atoms with Crippen molar-refractivity contribution in [2.45, 2.75) is 45.8 Å². The van der Waals surface area contributed by atoms with Gasteiger partial charge in [0.1, 0.15) is 18.4 Å². The third kappa shape index (κ3) is 7.43. The van der Waals surface area contributed by atoms with E-state index in [0.29, 0.717) is 17.0 Å². The van der Waals surface area contributed by atoms with Crippen molar-refractivity contribution in [1.29, 1.82) is 0 Å². The molecule has 0 bridgehead atoms. The molecular weight excluding hydrogens is 469 g/mol. The molecule has 1 N–H and O–H groups in total. The van der Waals surface area contributed by atoms with Crippen LogP contribution in [-0.4, -0.2) is 50.0 Å². The largest absolute Gasteiger partial charge is 0.352 e. The van der Waals surface area contributed by atoms with Gasteiger partial charge in [-0.15, -0.1) is 0 Å². The van der Waals surface area contributed by atoms with E-state index in [1.54, 1.807) is 45.0 Å². The molecule has 1 unspecified atom stereocenters. The minimum Gasteiger partial charge on any atom is -0.352 e. The highest BCUT2D eigenvalue weighted by atomic mass is 35.5. The molecule has 2 aromatic carbocycles. The number of amides is 2. The summed E-state index contributed by atoms with van der Waals surface area (Å²) in [7, 11) is -3.92. The third-order valence-corrected chi connectivity index (χ3v) is 6.40. The number of sulfonamides is 1. The van der Waals surface area contributed by atoms with Crippen LogP contribution in [0.3, 0.4) is 0 Å². The number of halogens is 2. The highest BCUT2D eigenvalue weighted by molar-refractivity contribution is 7.92. The second kappa shape index (κ2) is 11.5. The van der Waals surface area contributed by atoms with Crippen molar-refractivity contribution in [2.24, 2.45) is 0 Å². The second-order valence-electron chi connectivity index (χ2n) is 7.95. The minimum absolute atomic E-state index is 0.00326. The van der Waals surface area contributed by atoms with Gasteiger partial charge in [0.05, 0.1) is 11.9 Å². The molecule has 0 radical (unpaired) electrons. The van der Waals surface area contributed by atoms with E-state index in [1.807, 2.05) is 0 Å². The Balaban J connectivity index is 2.46. The molecule has 10 heteroatoms. The number of nitrogens with one attached hydrogen (secondary N) is 1. The Hall–Kier alpha value is -2.65. The molecule has 0 aliphatic carbocycles. The molecule has 2 aromatic rings. The Kier molecular flexibility index (Phi) is 9.25. The van der Waals surface area contributed by atoms with Crippen LogP contribution in [0.5, 0.6) is 0 Å². The number of hydrogen-bond acceptors (Lipinski definition) is 4. The summed E-state index contributed by atoms with van der Waals surface area (Å²) in [6, 6.07) is 10.9. The maximum Gasteiger partial charge on any atom is 0.244 e. The second-order valence-corrected chi connectivity index (χ2v) is 10.3. The maximum atomic E-state index is 13.8. The first-order valence-electron chi connectivity index (χ1n) is 10.5. The van der Waals surface area contributed by atoms with E-state index in [1.165, 1.54) is 23.1 Å². The van der Waals surface area contributed by atoms with Gasteiger partial charge in [-0.25, -0.2) is 12.8 Å². The van der Waals surface area contributed by atoms with Gasteiger partial charge in [-0.2, -0.15) is 0 Å². The Labute approximate surface area is 199 Å². The number of benzene rings is 2. The lowest BCUT2D eigenvalue weighted by molar-refractivity contribution is -0.140. The van der Waals surface area contributed by atoms with Crippen LogP contribution in [0, 0.1) is 5.82 Å². The number of rotatable bonds is 10. The molecule has 0 aliphatic heterocycles. The third-order valence-electron chi connectivity index (χ3n) is 4.89. The summed E-state index contributed by atoms with van der Waals surface area (Å²) in [6.07, 6.45) is 1.24. The Morgan fingerprint density at radius 1 is 1.12 bits per heavy atom. The van der Waals surface area contributed by atoms with E-state index < -0.39 is 34.3 Å². The van der Waals surface area contributed by atoms with Gasteiger partial charge in [0.2, 0.25) is 21.8 Å². The van der Waals surface area contributed by atoms with Crippen molar-refractivity contribution >= 4 is 39.1 Å². The first-order chi connectivity index (χ1) is 15.4. The SMILES string of the molecule is CCC(C(=O)NC(C)C)N(Cc1ccccc1Cl)C(=O)CN(c1cccc(F)c1)S(C)(=O)=O. The first-order valence-corrected chi connectivity index (χ1v) is 12.7. The Morgan fingerprint density at radius 2 is 1.79 bits per heavy atom. The molecule has 0 saturated carbocycles. The van der Waals surface area contributed by atoms with Crippen LogP contribution in [0.4, 0.5) is 10.1 Å². The zero-order chi connectivity index (χ0) is 24.8. The molecule has 0 spiro atoms. The zero-order valence-electron chi connectivity index (χ0n) is 19.1. The molecule has 0 heterocycles. The molecule has 0 fully saturated rings. The molecule has 0 saturated heterocycles. The molecule has 7 nitrogen and oxygen atoms in total. The van der Waals surface area contributed by atoms with Gasteiger partial charge >= 0.3 is 0 Å². The fourth-order valence-electron chi connectivity index (χ4n) is 3.36. The van der Waals surface area contributed by atoms with Gasteiger partial charge in [0.25, 0.3) is 0 Å². The van der Waals surface area contributed by atoms with Crippen molar-refractivity contribution in [3.05, 3.63) is 64.9 Å². The lowest BCUT2D eigenvalue weighted by Gasteiger charge is -2.33. The van der Waals surface area contributed by atoms with Crippen LogP contribution in [-0.2, 0) is 26.2 Å². The van der Waals surface area contributed by atoms with E-state index >= 15 is 0 Å². The Morgan fingerprint density at radius 3 is 2.33 bits per heavy atom. The topological polar surface area (TPSA) is 86.8 Å². The van der Waals surface area contributed by atoms with E-state index in [-0.39, 0.29) is 24.2 Å². The molecule has 33 heavy (non-hydrogen) atoms. The summed E-state index contributed by atoms with van der Waals surface area (Å²) in [4.78, 5) is 27.7. The van der Waals surface area contributed by atoms with Gasteiger partial charge in [-0.05, 0) is 50.1 Å². The summed E-state index contributed by atoms with van der Waals surface area (Å²) < 4.78 is 39.5. The van der Waals surface area contributed by atoms with Crippen LogP contribution in [0.2, 0.25) is 5.02 Å². The fraction of sp³-hybridized carbons (Fsp3) is 0.391. The quantitative estimate of drug-likeness (QED) is 0.543. The number of carbonyl (C=O) groups excluding carboxylic acids is 2. The van der Waals surface area contributed by atoms with Crippen molar-refractivity contribution in [3.8, 4) is 0 Å². The predicted octanol–water partition coefficient (Wildman–Crippen LogP) is 3.58. The Bertz CT molecular complexity index is 1090. The average molecular weight is 498 g/mol. The van der Waals surface area contributed by atoms with Gasteiger partial charge in [0, 0.05) is 17.6 Å². The summed E-state index contributed by atoms with van der Waals surface area (Å²) in [5.41, 5.74) is 0.628. The summed E-state index contributed by atoms with van der Waals surface area (Å²) in [5.74, 6) is -1.61. The first kappa shape index (κ1) is 26.6. The van der Waals surface area contributed by atoms with Crippen LogP contribution in [0.25, 0.3) is 0 Å². The molecule has 0 aliphatic rings. The monoisotopic (exact) mass is 497 g/mol. The number of nitrogens with zero attached hydrogens (tertiary/aromatic N) is 2. The molecular formula is C23H29ClFN3O4S. The van der Waals surface area contributed by atoms with Crippen LogP contribution >= 0.6 is 11.6 Å². The smallest absolute Gasteiger partial charge is 0.244 e. The average Bonchev–Trinajstić information content (AvgIpc) is 2.71. The lowest BCUT2D eigenvalue weighted by atomic mass is 10.1. The normalized spacial score (nSPS) is 12.3. The van der Waals surface area contributed by atoms with E-state index in [0.717, 1.165) is 16.6 Å². The highest BCUT2D eigenvalue weighted by Crippen LogP contribution is 2.22. The highest BCUT2D eigenvalue weighted by Gasteiger charge is 2.32. The predicted molar refractivity (Wildman–Crippen MR) is 128 cm³/mol. The summed E-state index contributed by atoms with van der Waals surface area (Å²) >= 11 is 6.29. The van der Waals surface area contributed by atoms with Gasteiger partial charge < -0.3 is 10.2 Å². The molecule has 180 valence electrons. The van der Waals surface area contributed by atoms with Crippen LogP contribution < -0.4 is 9.62 Å². The van der Waals surface area contributed by atoms with Gasteiger partial charge in [-0.3, -0.25) is 13.9 Å².